The third-order valence-corrected chi connectivity index (χ3v) is 4.58. The van der Waals surface area contributed by atoms with E-state index in [0.29, 0.717) is 29.6 Å². The average molecular weight is 283 g/mol. The maximum Gasteiger partial charge on any atom is 0.154 e. The second kappa shape index (κ2) is 4.66. The van der Waals surface area contributed by atoms with Gasteiger partial charge in [-0.2, -0.15) is 0 Å². The van der Waals surface area contributed by atoms with Gasteiger partial charge in [0.2, 0.25) is 0 Å². The molecule has 7 heteroatoms. The summed E-state index contributed by atoms with van der Waals surface area (Å²) in [7, 11) is 0. The van der Waals surface area contributed by atoms with Gasteiger partial charge in [0, 0.05) is 17.2 Å². The molecule has 0 amide bonds. The molecule has 2 atom stereocenters. The minimum atomic E-state index is -0.772. The van der Waals surface area contributed by atoms with E-state index in [9.17, 15) is 4.39 Å². The van der Waals surface area contributed by atoms with Crippen molar-refractivity contribution in [1.82, 2.24) is 0 Å². The molecule has 4 N–H and O–H groups in total. The number of fused-ring (bicyclic) bond motifs is 1. The quantitative estimate of drug-likeness (QED) is 0.717. The summed E-state index contributed by atoms with van der Waals surface area (Å²) in [6.07, 6.45) is 0. The van der Waals surface area contributed by atoms with E-state index in [2.05, 4.69) is 4.99 Å². The zero-order valence-corrected chi connectivity index (χ0v) is 10.9. The number of halogens is 1. The molecule has 0 bridgehead atoms. The van der Waals surface area contributed by atoms with E-state index in [-0.39, 0.29) is 11.7 Å². The Morgan fingerprint density at radius 2 is 2.42 bits per heavy atom. The molecule has 0 saturated carbocycles. The second-order valence-corrected chi connectivity index (χ2v) is 5.74. The molecule has 102 valence electrons. The van der Waals surface area contributed by atoms with Crippen LogP contribution < -0.4 is 11.2 Å². The molecule has 1 unspecified atom stereocenters. The highest BCUT2D eigenvalue weighted by Crippen LogP contribution is 2.45. The van der Waals surface area contributed by atoms with Crippen molar-refractivity contribution in [2.24, 2.45) is 16.6 Å². The van der Waals surface area contributed by atoms with Crippen LogP contribution in [0.1, 0.15) is 5.56 Å². The Morgan fingerprint density at radius 3 is 3.21 bits per heavy atom. The fraction of sp³-hybridized carbons (Fsp3) is 0.417. The molecule has 3 rings (SSSR count). The van der Waals surface area contributed by atoms with Crippen molar-refractivity contribution < 1.29 is 14.3 Å². The third-order valence-electron chi connectivity index (χ3n) is 3.62. The molecule has 1 aromatic rings. The minimum Gasteiger partial charge on any atom is -0.379 e. The largest absolute Gasteiger partial charge is 0.379 e. The Bertz CT molecular complexity index is 540. The van der Waals surface area contributed by atoms with Crippen molar-refractivity contribution in [3.05, 3.63) is 29.6 Å². The van der Waals surface area contributed by atoms with Gasteiger partial charge < -0.3 is 10.5 Å². The van der Waals surface area contributed by atoms with E-state index in [1.165, 1.54) is 23.9 Å². The Hall–Kier alpha value is -1.31. The zero-order chi connectivity index (χ0) is 13.5. The number of hydrogen-bond donors (Lipinski definition) is 3. The Morgan fingerprint density at radius 1 is 1.58 bits per heavy atom. The van der Waals surface area contributed by atoms with Gasteiger partial charge in [0.05, 0.1) is 18.9 Å². The molecular formula is C12H14FN3O2S. The first-order valence-electron chi connectivity index (χ1n) is 5.92. The van der Waals surface area contributed by atoms with E-state index in [4.69, 9.17) is 15.7 Å². The van der Waals surface area contributed by atoms with Crippen molar-refractivity contribution in [2.75, 3.05) is 24.4 Å². The van der Waals surface area contributed by atoms with E-state index >= 15 is 0 Å². The Kier molecular flexibility index (Phi) is 3.12. The van der Waals surface area contributed by atoms with E-state index < -0.39 is 5.54 Å². The summed E-state index contributed by atoms with van der Waals surface area (Å²) in [5.41, 5.74) is 7.90. The highest BCUT2D eigenvalue weighted by molar-refractivity contribution is 8.13. The van der Waals surface area contributed by atoms with Gasteiger partial charge in [-0.15, -0.1) is 0 Å². The lowest BCUT2D eigenvalue weighted by molar-refractivity contribution is 0.176. The molecule has 0 radical (unpaired) electrons. The number of hydrogen-bond acceptors (Lipinski definition) is 6. The lowest BCUT2D eigenvalue weighted by Gasteiger charge is -2.34. The van der Waals surface area contributed by atoms with Crippen LogP contribution in [0.25, 0.3) is 0 Å². The van der Waals surface area contributed by atoms with Crippen molar-refractivity contribution in [3.8, 4) is 0 Å². The number of aliphatic imine (C=N–C) groups is 1. The van der Waals surface area contributed by atoms with Gasteiger partial charge in [0.15, 0.2) is 5.17 Å². The number of anilines is 1. The van der Waals surface area contributed by atoms with Crippen molar-refractivity contribution in [1.29, 1.82) is 0 Å². The maximum atomic E-state index is 14.2. The minimum absolute atomic E-state index is 0.0910. The normalized spacial score (nSPS) is 29.8. The zero-order valence-electron chi connectivity index (χ0n) is 10.1. The first-order chi connectivity index (χ1) is 9.15. The summed E-state index contributed by atoms with van der Waals surface area (Å²) < 4.78 is 19.7. The second-order valence-electron chi connectivity index (χ2n) is 4.70. The molecule has 2 heterocycles. The van der Waals surface area contributed by atoms with Crippen molar-refractivity contribution >= 4 is 22.6 Å². The Balaban J connectivity index is 2.15. The van der Waals surface area contributed by atoms with Crippen LogP contribution in [-0.2, 0) is 10.3 Å². The predicted octanol–water partition coefficient (Wildman–Crippen LogP) is 1.53. The number of nitrogens with one attached hydrogen (secondary N) is 1. The predicted molar refractivity (Wildman–Crippen MR) is 71.9 cm³/mol. The average Bonchev–Trinajstić information content (AvgIpc) is 2.83. The van der Waals surface area contributed by atoms with E-state index in [1.54, 1.807) is 6.07 Å². The molecule has 2 aliphatic rings. The SMILES string of the molecule is NC1=N[C@@]2(c3cc(NO)ccc3F)COCC2CS1. The summed E-state index contributed by atoms with van der Waals surface area (Å²) in [6, 6.07) is 4.33. The van der Waals surface area contributed by atoms with E-state index in [0.717, 1.165) is 5.75 Å². The first kappa shape index (κ1) is 12.7. The number of nitrogens with zero attached hydrogens (tertiary/aromatic N) is 1. The maximum absolute atomic E-state index is 14.2. The summed E-state index contributed by atoms with van der Waals surface area (Å²) in [6.45, 7) is 0.852. The first-order valence-corrected chi connectivity index (χ1v) is 6.90. The van der Waals surface area contributed by atoms with Crippen LogP contribution in [0.4, 0.5) is 10.1 Å². The fourth-order valence-corrected chi connectivity index (χ4v) is 3.59. The number of benzene rings is 1. The van der Waals surface area contributed by atoms with Gasteiger partial charge >= 0.3 is 0 Å². The number of ether oxygens (including phenoxy) is 1. The molecule has 5 nitrogen and oxygen atoms in total. The number of thioether (sulfide) groups is 1. The van der Waals surface area contributed by atoms with Crippen LogP contribution in [0.2, 0.25) is 0 Å². The molecule has 1 saturated heterocycles. The lowest BCUT2D eigenvalue weighted by atomic mass is 9.81. The number of amidine groups is 1. The number of nitrogens with two attached hydrogens (primary N) is 1. The molecule has 0 spiro atoms. The van der Waals surface area contributed by atoms with Crippen LogP contribution in [0.5, 0.6) is 0 Å². The van der Waals surface area contributed by atoms with Gasteiger partial charge in [-0.3, -0.25) is 10.7 Å². The molecule has 2 aliphatic heterocycles. The van der Waals surface area contributed by atoms with Crippen LogP contribution in [0.15, 0.2) is 23.2 Å². The molecule has 19 heavy (non-hydrogen) atoms. The monoisotopic (exact) mass is 283 g/mol. The molecule has 0 aliphatic carbocycles. The smallest absolute Gasteiger partial charge is 0.154 e. The van der Waals surface area contributed by atoms with Gasteiger partial charge in [0.1, 0.15) is 11.4 Å². The standard InChI is InChI=1S/C12H14FN3O2S/c13-10-2-1-8(16-17)3-9(10)12-6-18-4-7(12)5-19-11(14)15-12/h1-3,7,16-17H,4-6H2,(H2,14,15)/t7?,12-/m0/s1. The van der Waals surface area contributed by atoms with Gasteiger partial charge in [-0.1, -0.05) is 11.8 Å². The summed E-state index contributed by atoms with van der Waals surface area (Å²) in [5.74, 6) is 0.483. The van der Waals surface area contributed by atoms with Gasteiger partial charge in [-0.25, -0.2) is 9.38 Å². The highest BCUT2D eigenvalue weighted by Gasteiger charge is 2.49. The molecule has 0 aromatic heterocycles. The van der Waals surface area contributed by atoms with Crippen molar-refractivity contribution in [2.45, 2.75) is 5.54 Å². The van der Waals surface area contributed by atoms with Crippen LogP contribution >= 0.6 is 11.8 Å². The topological polar surface area (TPSA) is 79.9 Å². The summed E-state index contributed by atoms with van der Waals surface area (Å²) in [4.78, 5) is 4.47. The van der Waals surface area contributed by atoms with Crippen LogP contribution in [0, 0.1) is 11.7 Å². The fourth-order valence-electron chi connectivity index (χ4n) is 2.62. The third kappa shape index (κ3) is 1.98. The lowest BCUT2D eigenvalue weighted by Crippen LogP contribution is -2.40. The molecular weight excluding hydrogens is 269 g/mol. The summed E-state index contributed by atoms with van der Waals surface area (Å²) >= 11 is 1.46. The van der Waals surface area contributed by atoms with Gasteiger partial charge in [-0.05, 0) is 18.2 Å². The summed E-state index contributed by atoms with van der Waals surface area (Å²) in [5, 5.41) is 9.42. The number of rotatable bonds is 2. The molecule has 1 fully saturated rings. The van der Waals surface area contributed by atoms with Gasteiger partial charge in [0.25, 0.3) is 0 Å². The van der Waals surface area contributed by atoms with Crippen molar-refractivity contribution in [3.63, 3.8) is 0 Å². The van der Waals surface area contributed by atoms with E-state index in [1.807, 2.05) is 5.48 Å². The molecule has 1 aromatic carbocycles. The van der Waals surface area contributed by atoms with Crippen LogP contribution in [-0.4, -0.2) is 29.3 Å². The van der Waals surface area contributed by atoms with Crippen LogP contribution in [0.3, 0.4) is 0 Å². The Labute approximate surface area is 114 Å². The highest BCUT2D eigenvalue weighted by atomic mass is 32.2.